The molecule has 6 nitrogen and oxygen atoms in total. The first-order valence-electron chi connectivity index (χ1n) is 6.54. The molecule has 1 aromatic rings. The summed E-state index contributed by atoms with van der Waals surface area (Å²) in [7, 11) is 0. The highest BCUT2D eigenvalue weighted by Crippen LogP contribution is 2.18. The highest BCUT2D eigenvalue weighted by atomic mass is 16.4. The SMILES string of the molecule is CC1CN(C(=O)Nc2ccc(C(=O)O)cc2)CCC1O. The van der Waals surface area contributed by atoms with E-state index in [-0.39, 0.29) is 23.6 Å². The summed E-state index contributed by atoms with van der Waals surface area (Å²) >= 11 is 0. The molecule has 2 rings (SSSR count). The molecule has 0 aliphatic carbocycles. The quantitative estimate of drug-likeness (QED) is 0.766. The molecular formula is C14H18N2O4. The standard InChI is InChI=1S/C14H18N2O4/c1-9-8-16(7-6-12(9)17)14(20)15-11-4-2-10(3-5-11)13(18)19/h2-5,9,12,17H,6-8H2,1H3,(H,15,20)(H,18,19). The Morgan fingerprint density at radius 1 is 1.30 bits per heavy atom. The number of carbonyl (C=O) groups is 2. The molecule has 108 valence electrons. The van der Waals surface area contributed by atoms with Crippen molar-refractivity contribution < 1.29 is 19.8 Å². The van der Waals surface area contributed by atoms with E-state index in [1.807, 2.05) is 6.92 Å². The molecule has 0 saturated carbocycles. The van der Waals surface area contributed by atoms with Crippen molar-refractivity contribution in [3.8, 4) is 0 Å². The molecule has 1 heterocycles. The van der Waals surface area contributed by atoms with E-state index < -0.39 is 5.97 Å². The predicted octanol–water partition coefficient (Wildman–Crippen LogP) is 1.62. The monoisotopic (exact) mass is 278 g/mol. The second kappa shape index (κ2) is 5.92. The molecule has 0 aromatic heterocycles. The molecule has 2 atom stereocenters. The Balaban J connectivity index is 1.96. The number of rotatable bonds is 2. The summed E-state index contributed by atoms with van der Waals surface area (Å²) in [6.07, 6.45) is 0.223. The number of carboxylic acids is 1. The van der Waals surface area contributed by atoms with Gasteiger partial charge in [-0.25, -0.2) is 9.59 Å². The maximum atomic E-state index is 12.1. The van der Waals surface area contributed by atoms with Gasteiger partial charge in [0, 0.05) is 18.8 Å². The maximum absolute atomic E-state index is 12.1. The number of hydrogen-bond acceptors (Lipinski definition) is 3. The summed E-state index contributed by atoms with van der Waals surface area (Å²) in [5.74, 6) is -0.939. The van der Waals surface area contributed by atoms with Gasteiger partial charge in [-0.15, -0.1) is 0 Å². The van der Waals surface area contributed by atoms with Gasteiger partial charge in [-0.3, -0.25) is 0 Å². The summed E-state index contributed by atoms with van der Waals surface area (Å²) in [6, 6.07) is 5.78. The van der Waals surface area contributed by atoms with Gasteiger partial charge in [0.2, 0.25) is 0 Å². The van der Waals surface area contributed by atoms with Crippen molar-refractivity contribution in [2.75, 3.05) is 18.4 Å². The minimum atomic E-state index is -0.998. The number of nitrogens with one attached hydrogen (secondary N) is 1. The fourth-order valence-corrected chi connectivity index (χ4v) is 2.22. The average molecular weight is 278 g/mol. The second-order valence-electron chi connectivity index (χ2n) is 5.09. The Labute approximate surface area is 117 Å². The van der Waals surface area contributed by atoms with Crippen molar-refractivity contribution in [2.24, 2.45) is 5.92 Å². The van der Waals surface area contributed by atoms with Gasteiger partial charge in [-0.1, -0.05) is 6.92 Å². The van der Waals surface area contributed by atoms with Gasteiger partial charge in [0.25, 0.3) is 0 Å². The smallest absolute Gasteiger partial charge is 0.335 e. The van der Waals surface area contributed by atoms with E-state index in [0.29, 0.717) is 25.2 Å². The summed E-state index contributed by atoms with van der Waals surface area (Å²) in [4.78, 5) is 24.4. The molecule has 0 radical (unpaired) electrons. The van der Waals surface area contributed by atoms with Crippen LogP contribution in [0.5, 0.6) is 0 Å². The van der Waals surface area contributed by atoms with E-state index >= 15 is 0 Å². The van der Waals surface area contributed by atoms with Crippen molar-refractivity contribution in [1.29, 1.82) is 0 Å². The number of hydrogen-bond donors (Lipinski definition) is 3. The van der Waals surface area contributed by atoms with Crippen molar-refractivity contribution in [3.05, 3.63) is 29.8 Å². The topological polar surface area (TPSA) is 89.9 Å². The molecule has 3 N–H and O–H groups in total. The van der Waals surface area contributed by atoms with Gasteiger partial charge in [0.15, 0.2) is 0 Å². The van der Waals surface area contributed by atoms with Crippen LogP contribution in [-0.2, 0) is 0 Å². The summed E-state index contributed by atoms with van der Waals surface area (Å²) < 4.78 is 0. The van der Waals surface area contributed by atoms with Crippen LogP contribution in [0.15, 0.2) is 24.3 Å². The molecule has 2 amide bonds. The van der Waals surface area contributed by atoms with Gasteiger partial charge in [0.05, 0.1) is 11.7 Å². The lowest BCUT2D eigenvalue weighted by atomic mass is 9.97. The van der Waals surface area contributed by atoms with Gasteiger partial charge < -0.3 is 20.4 Å². The average Bonchev–Trinajstić information content (AvgIpc) is 2.42. The van der Waals surface area contributed by atoms with Crippen LogP contribution in [-0.4, -0.2) is 46.3 Å². The first-order chi connectivity index (χ1) is 9.47. The van der Waals surface area contributed by atoms with Crippen molar-refractivity contribution in [3.63, 3.8) is 0 Å². The van der Waals surface area contributed by atoms with Crippen LogP contribution in [0.2, 0.25) is 0 Å². The number of aromatic carboxylic acids is 1. The number of urea groups is 1. The van der Waals surface area contributed by atoms with E-state index in [4.69, 9.17) is 5.11 Å². The number of anilines is 1. The van der Waals surface area contributed by atoms with Gasteiger partial charge in [0.1, 0.15) is 0 Å². The van der Waals surface area contributed by atoms with Gasteiger partial charge in [-0.05, 0) is 36.6 Å². The van der Waals surface area contributed by atoms with Crippen LogP contribution in [0.4, 0.5) is 10.5 Å². The Kier molecular flexibility index (Phi) is 4.24. The number of benzene rings is 1. The van der Waals surface area contributed by atoms with Gasteiger partial charge in [-0.2, -0.15) is 0 Å². The predicted molar refractivity (Wildman–Crippen MR) is 73.8 cm³/mol. The first-order valence-corrected chi connectivity index (χ1v) is 6.54. The fraction of sp³-hybridized carbons (Fsp3) is 0.429. The van der Waals surface area contributed by atoms with Crippen LogP contribution in [0.1, 0.15) is 23.7 Å². The van der Waals surface area contributed by atoms with Crippen LogP contribution < -0.4 is 5.32 Å². The third-order valence-electron chi connectivity index (χ3n) is 3.53. The highest BCUT2D eigenvalue weighted by molar-refractivity contribution is 5.91. The van der Waals surface area contributed by atoms with Crippen LogP contribution in [0, 0.1) is 5.92 Å². The van der Waals surface area contributed by atoms with E-state index in [1.54, 1.807) is 17.0 Å². The lowest BCUT2D eigenvalue weighted by molar-refractivity contribution is 0.0506. The van der Waals surface area contributed by atoms with Crippen LogP contribution >= 0.6 is 0 Å². The van der Waals surface area contributed by atoms with Crippen molar-refractivity contribution in [2.45, 2.75) is 19.4 Å². The number of nitrogens with zero attached hydrogens (tertiary/aromatic N) is 1. The summed E-state index contributed by atoms with van der Waals surface area (Å²) in [5.41, 5.74) is 0.733. The van der Waals surface area contributed by atoms with E-state index in [2.05, 4.69) is 5.32 Å². The molecule has 1 saturated heterocycles. The molecule has 0 bridgehead atoms. The normalized spacial score (nSPS) is 22.4. The Bertz CT molecular complexity index is 500. The van der Waals surface area contributed by atoms with Crippen LogP contribution in [0.3, 0.4) is 0 Å². The molecule has 0 spiro atoms. The highest BCUT2D eigenvalue weighted by Gasteiger charge is 2.27. The zero-order chi connectivity index (χ0) is 14.7. The molecular weight excluding hydrogens is 260 g/mol. The number of aliphatic hydroxyl groups excluding tert-OH is 1. The Hall–Kier alpha value is -2.08. The maximum Gasteiger partial charge on any atom is 0.335 e. The zero-order valence-electron chi connectivity index (χ0n) is 11.2. The molecule has 2 unspecified atom stereocenters. The molecule has 1 aromatic carbocycles. The molecule has 1 aliphatic heterocycles. The minimum absolute atomic E-state index is 0.0592. The number of piperidine rings is 1. The molecule has 1 fully saturated rings. The third-order valence-corrected chi connectivity index (χ3v) is 3.53. The zero-order valence-corrected chi connectivity index (χ0v) is 11.2. The number of carboxylic acid groups (broad SMARTS) is 1. The minimum Gasteiger partial charge on any atom is -0.478 e. The lowest BCUT2D eigenvalue weighted by Gasteiger charge is -2.34. The second-order valence-corrected chi connectivity index (χ2v) is 5.09. The number of carbonyl (C=O) groups excluding carboxylic acids is 1. The first kappa shape index (κ1) is 14.3. The molecule has 6 heteroatoms. The van der Waals surface area contributed by atoms with Crippen molar-refractivity contribution in [1.82, 2.24) is 4.90 Å². The number of amides is 2. The molecule has 1 aliphatic rings. The Morgan fingerprint density at radius 2 is 1.95 bits per heavy atom. The van der Waals surface area contributed by atoms with Gasteiger partial charge >= 0.3 is 12.0 Å². The lowest BCUT2D eigenvalue weighted by Crippen LogP contribution is -2.46. The number of likely N-dealkylation sites (tertiary alicyclic amines) is 1. The van der Waals surface area contributed by atoms with E-state index in [1.165, 1.54) is 12.1 Å². The van der Waals surface area contributed by atoms with E-state index in [0.717, 1.165) is 0 Å². The van der Waals surface area contributed by atoms with Crippen molar-refractivity contribution >= 4 is 17.7 Å². The fourth-order valence-electron chi connectivity index (χ4n) is 2.22. The number of aliphatic hydroxyl groups is 1. The summed E-state index contributed by atoms with van der Waals surface area (Å²) in [5, 5.41) is 21.2. The largest absolute Gasteiger partial charge is 0.478 e. The van der Waals surface area contributed by atoms with E-state index in [9.17, 15) is 14.7 Å². The Morgan fingerprint density at radius 3 is 2.50 bits per heavy atom. The third kappa shape index (κ3) is 3.27. The summed E-state index contributed by atoms with van der Waals surface area (Å²) in [6.45, 7) is 2.94. The molecule has 20 heavy (non-hydrogen) atoms. The van der Waals surface area contributed by atoms with Crippen LogP contribution in [0.25, 0.3) is 0 Å².